The SMILES string of the molecule is O=c1n(-c2ccccc2)cc(O)n1S(=O)(=O)c1ccc2c(c1)OCCO2. The lowest BCUT2D eigenvalue weighted by atomic mass is 10.3. The molecule has 0 fully saturated rings. The molecule has 134 valence electrons. The summed E-state index contributed by atoms with van der Waals surface area (Å²) in [6.07, 6.45) is 1.06. The summed E-state index contributed by atoms with van der Waals surface area (Å²) < 4.78 is 38.0. The average Bonchev–Trinajstić information content (AvgIpc) is 2.97. The van der Waals surface area contributed by atoms with Crippen molar-refractivity contribution in [3.05, 3.63) is 65.2 Å². The smallest absolute Gasteiger partial charge is 0.350 e. The second-order valence-corrected chi connectivity index (χ2v) is 7.34. The Hall–Kier alpha value is -3.20. The molecule has 9 heteroatoms. The fourth-order valence-electron chi connectivity index (χ4n) is 2.71. The third-order valence-corrected chi connectivity index (χ3v) is 5.59. The fourth-order valence-corrected chi connectivity index (χ4v) is 4.00. The number of nitrogens with zero attached hydrogens (tertiary/aromatic N) is 2. The van der Waals surface area contributed by atoms with Crippen LogP contribution in [0, 0.1) is 0 Å². The molecule has 0 saturated carbocycles. The van der Waals surface area contributed by atoms with Crippen LogP contribution in [0.3, 0.4) is 0 Å². The van der Waals surface area contributed by atoms with Crippen molar-refractivity contribution in [2.24, 2.45) is 0 Å². The summed E-state index contributed by atoms with van der Waals surface area (Å²) >= 11 is 0. The number of imidazole rings is 1. The molecule has 0 aliphatic carbocycles. The van der Waals surface area contributed by atoms with E-state index in [1.54, 1.807) is 30.3 Å². The highest BCUT2D eigenvalue weighted by Crippen LogP contribution is 2.33. The third kappa shape index (κ3) is 2.53. The standard InChI is InChI=1S/C17H14N2O6S/c20-16-11-18(12-4-2-1-3-5-12)17(21)19(16)26(22,23)13-6-7-14-15(10-13)25-9-8-24-14/h1-7,10-11,20H,8-9H2. The number of hydrogen-bond donors (Lipinski definition) is 1. The molecular formula is C17H14N2O6S. The Kier molecular flexibility index (Phi) is 3.73. The normalized spacial score (nSPS) is 13.5. The molecule has 1 aromatic heterocycles. The topological polar surface area (TPSA) is 99.8 Å². The highest BCUT2D eigenvalue weighted by Gasteiger charge is 2.27. The lowest BCUT2D eigenvalue weighted by molar-refractivity contribution is 0.171. The van der Waals surface area contributed by atoms with Crippen LogP contribution in [0.15, 0.2) is 64.4 Å². The van der Waals surface area contributed by atoms with Crippen LogP contribution >= 0.6 is 0 Å². The number of benzene rings is 2. The van der Waals surface area contributed by atoms with Gasteiger partial charge in [-0.2, -0.15) is 0 Å². The van der Waals surface area contributed by atoms with Gasteiger partial charge in [0.1, 0.15) is 13.2 Å². The molecule has 0 amide bonds. The molecule has 0 unspecified atom stereocenters. The number of ether oxygens (including phenoxy) is 2. The first kappa shape index (κ1) is 16.3. The second-order valence-electron chi connectivity index (χ2n) is 5.55. The van der Waals surface area contributed by atoms with Crippen molar-refractivity contribution in [2.45, 2.75) is 4.90 Å². The zero-order chi connectivity index (χ0) is 18.3. The number of aromatic hydroxyl groups is 1. The van der Waals surface area contributed by atoms with Crippen molar-refractivity contribution in [3.63, 3.8) is 0 Å². The molecule has 0 radical (unpaired) electrons. The monoisotopic (exact) mass is 374 g/mol. The van der Waals surface area contributed by atoms with Crippen LogP contribution in [0.2, 0.25) is 0 Å². The molecule has 1 N–H and O–H groups in total. The van der Waals surface area contributed by atoms with Crippen molar-refractivity contribution in [1.82, 2.24) is 8.54 Å². The van der Waals surface area contributed by atoms with Gasteiger partial charge in [0.25, 0.3) is 10.0 Å². The summed E-state index contributed by atoms with van der Waals surface area (Å²) in [5.74, 6) is 0.00900. The molecule has 3 aromatic rings. The Labute approximate surface area is 148 Å². The second kappa shape index (κ2) is 5.95. The maximum absolute atomic E-state index is 12.9. The highest BCUT2D eigenvalue weighted by atomic mass is 32.2. The third-order valence-electron chi connectivity index (χ3n) is 3.92. The van der Waals surface area contributed by atoms with Gasteiger partial charge in [-0.05, 0) is 24.3 Å². The van der Waals surface area contributed by atoms with Gasteiger partial charge in [0.2, 0.25) is 5.88 Å². The summed E-state index contributed by atoms with van der Waals surface area (Å²) in [7, 11) is -4.32. The van der Waals surface area contributed by atoms with Gasteiger partial charge in [0.05, 0.1) is 16.8 Å². The van der Waals surface area contributed by atoms with Crippen LogP contribution in [-0.2, 0) is 10.0 Å². The van der Waals surface area contributed by atoms with Crippen molar-refractivity contribution in [3.8, 4) is 23.1 Å². The van der Waals surface area contributed by atoms with Crippen molar-refractivity contribution >= 4 is 10.0 Å². The minimum atomic E-state index is -4.32. The summed E-state index contributed by atoms with van der Waals surface area (Å²) in [5.41, 5.74) is -0.465. The fraction of sp³-hybridized carbons (Fsp3) is 0.118. The first-order valence-corrected chi connectivity index (χ1v) is 9.16. The van der Waals surface area contributed by atoms with Gasteiger partial charge in [-0.1, -0.05) is 18.2 Å². The molecule has 1 aliphatic heterocycles. The Bertz CT molecular complexity index is 1130. The Morgan fingerprint density at radius 1 is 0.962 bits per heavy atom. The molecule has 0 saturated heterocycles. The van der Waals surface area contributed by atoms with E-state index in [9.17, 15) is 18.3 Å². The van der Waals surface area contributed by atoms with E-state index in [1.807, 2.05) is 0 Å². The number of para-hydroxylation sites is 1. The zero-order valence-electron chi connectivity index (χ0n) is 13.4. The predicted molar refractivity (Wildman–Crippen MR) is 91.7 cm³/mol. The summed E-state index contributed by atoms with van der Waals surface area (Å²) in [6.45, 7) is 0.672. The Balaban J connectivity index is 1.85. The van der Waals surface area contributed by atoms with Gasteiger partial charge in [-0.3, -0.25) is 4.57 Å². The van der Waals surface area contributed by atoms with Gasteiger partial charge >= 0.3 is 5.69 Å². The first-order valence-electron chi connectivity index (χ1n) is 7.72. The number of hydrogen-bond acceptors (Lipinski definition) is 6. The van der Waals surface area contributed by atoms with Crippen LogP contribution < -0.4 is 15.2 Å². The quantitative estimate of drug-likeness (QED) is 0.743. The molecule has 0 bridgehead atoms. The van der Waals surface area contributed by atoms with Crippen molar-refractivity contribution in [1.29, 1.82) is 0 Å². The van der Waals surface area contributed by atoms with Crippen LogP contribution in [0.5, 0.6) is 17.4 Å². The molecule has 2 aromatic carbocycles. The maximum atomic E-state index is 12.9. The summed E-state index contributed by atoms with van der Waals surface area (Å²) in [6, 6.07) is 12.4. The van der Waals surface area contributed by atoms with E-state index in [0.29, 0.717) is 28.6 Å². The van der Waals surface area contributed by atoms with E-state index < -0.39 is 21.6 Å². The van der Waals surface area contributed by atoms with Crippen LogP contribution in [0.4, 0.5) is 0 Å². The van der Waals surface area contributed by atoms with Crippen LogP contribution in [0.25, 0.3) is 5.69 Å². The Morgan fingerprint density at radius 3 is 2.38 bits per heavy atom. The van der Waals surface area contributed by atoms with E-state index >= 15 is 0 Å². The predicted octanol–water partition coefficient (Wildman–Crippen LogP) is 1.35. The molecular weight excluding hydrogens is 360 g/mol. The minimum absolute atomic E-state index is 0.190. The zero-order valence-corrected chi connectivity index (χ0v) is 14.2. The highest BCUT2D eigenvalue weighted by molar-refractivity contribution is 7.90. The average molecular weight is 374 g/mol. The summed E-state index contributed by atoms with van der Waals surface area (Å²) in [4.78, 5) is 12.4. The van der Waals surface area contributed by atoms with E-state index in [0.717, 1.165) is 10.8 Å². The first-order chi connectivity index (χ1) is 12.5. The van der Waals surface area contributed by atoms with E-state index in [-0.39, 0.29) is 10.6 Å². The van der Waals surface area contributed by atoms with E-state index in [1.165, 1.54) is 18.2 Å². The molecule has 0 atom stereocenters. The van der Waals surface area contributed by atoms with Gasteiger partial charge in [0.15, 0.2) is 11.5 Å². The Morgan fingerprint density at radius 2 is 1.65 bits per heavy atom. The van der Waals surface area contributed by atoms with E-state index in [4.69, 9.17) is 9.47 Å². The number of rotatable bonds is 3. The van der Waals surface area contributed by atoms with E-state index in [2.05, 4.69) is 0 Å². The lowest BCUT2D eigenvalue weighted by Crippen LogP contribution is -2.29. The van der Waals surface area contributed by atoms with Gasteiger partial charge in [-0.15, -0.1) is 3.97 Å². The number of aromatic nitrogens is 2. The largest absolute Gasteiger partial charge is 0.493 e. The summed E-state index contributed by atoms with van der Waals surface area (Å²) in [5, 5.41) is 10.1. The van der Waals surface area contributed by atoms with Crippen molar-refractivity contribution < 1.29 is 23.0 Å². The van der Waals surface area contributed by atoms with Gasteiger partial charge < -0.3 is 14.6 Å². The molecule has 2 heterocycles. The van der Waals surface area contributed by atoms with Crippen molar-refractivity contribution in [2.75, 3.05) is 13.2 Å². The maximum Gasteiger partial charge on any atom is 0.350 e. The van der Waals surface area contributed by atoms with Crippen LogP contribution in [-0.4, -0.2) is 35.3 Å². The molecule has 1 aliphatic rings. The minimum Gasteiger partial charge on any atom is -0.493 e. The molecule has 8 nitrogen and oxygen atoms in total. The van der Waals surface area contributed by atoms with Gasteiger partial charge in [-0.25, -0.2) is 13.2 Å². The van der Waals surface area contributed by atoms with Gasteiger partial charge in [0, 0.05) is 6.07 Å². The molecule has 0 spiro atoms. The van der Waals surface area contributed by atoms with Crippen LogP contribution in [0.1, 0.15) is 0 Å². The number of fused-ring (bicyclic) bond motifs is 1. The molecule has 4 rings (SSSR count). The lowest BCUT2D eigenvalue weighted by Gasteiger charge is -2.18. The molecule has 26 heavy (non-hydrogen) atoms.